The molecule has 0 spiro atoms. The predicted octanol–water partition coefficient (Wildman–Crippen LogP) is 3.13. The highest BCUT2D eigenvalue weighted by Crippen LogP contribution is 2.52. The lowest BCUT2D eigenvalue weighted by Crippen LogP contribution is -2.35. The lowest BCUT2D eigenvalue weighted by atomic mass is 9.85. The summed E-state index contributed by atoms with van der Waals surface area (Å²) in [5.74, 6) is -0.621. The minimum absolute atomic E-state index is 0.0555. The van der Waals surface area contributed by atoms with Crippen molar-refractivity contribution in [2.75, 3.05) is 11.9 Å². The standard InChI is InChI=1S/C18H16Cl2N2O3/c19-12-4-3-11(8-13(12)20)21-14(23)5-6-22-17(24)15-9-1-2-10(7-9)16(15)18(22)25/h1-4,8-10,15-16H,5-7H2,(H,21,23)/t9-,10-,15-,16+/m1/s1. The zero-order valence-electron chi connectivity index (χ0n) is 13.2. The Morgan fingerprint density at radius 3 is 2.32 bits per heavy atom. The van der Waals surface area contributed by atoms with Crippen molar-refractivity contribution >= 4 is 46.6 Å². The summed E-state index contributed by atoms with van der Waals surface area (Å²) in [6.45, 7) is 0.108. The van der Waals surface area contributed by atoms with Gasteiger partial charge in [0.05, 0.1) is 21.9 Å². The quantitative estimate of drug-likeness (QED) is 0.646. The number of allylic oxidation sites excluding steroid dienone is 2. The SMILES string of the molecule is O=C(CCN1C(=O)[C@@H]2[C@H](C1=O)[C@@H]1C=C[C@@H]2C1)Nc1ccc(Cl)c(Cl)c1. The van der Waals surface area contributed by atoms with Gasteiger partial charge in [-0.15, -0.1) is 0 Å². The fourth-order valence-electron chi connectivity index (χ4n) is 4.20. The number of halogens is 2. The Hall–Kier alpha value is -1.85. The van der Waals surface area contributed by atoms with E-state index in [4.69, 9.17) is 23.2 Å². The average Bonchev–Trinajstić information content (AvgIpc) is 3.24. The molecular formula is C18H16Cl2N2O3. The Bertz CT molecular complexity index is 778. The van der Waals surface area contributed by atoms with E-state index in [2.05, 4.69) is 17.5 Å². The number of nitrogens with one attached hydrogen (secondary N) is 1. The van der Waals surface area contributed by atoms with Gasteiger partial charge in [0.15, 0.2) is 0 Å². The molecule has 7 heteroatoms. The number of rotatable bonds is 4. The maximum Gasteiger partial charge on any atom is 0.233 e. The van der Waals surface area contributed by atoms with E-state index < -0.39 is 0 Å². The van der Waals surface area contributed by atoms with Crippen LogP contribution >= 0.6 is 23.2 Å². The van der Waals surface area contributed by atoms with Crippen LogP contribution in [0.4, 0.5) is 5.69 Å². The van der Waals surface area contributed by atoms with E-state index in [9.17, 15) is 14.4 Å². The maximum absolute atomic E-state index is 12.5. The van der Waals surface area contributed by atoms with E-state index in [1.807, 2.05) is 0 Å². The fraction of sp³-hybridized carbons (Fsp3) is 0.389. The number of amides is 3. The number of fused-ring (bicyclic) bond motifs is 5. The molecule has 2 bridgehead atoms. The van der Waals surface area contributed by atoms with Crippen LogP contribution in [-0.4, -0.2) is 29.2 Å². The van der Waals surface area contributed by atoms with Crippen LogP contribution in [0.1, 0.15) is 12.8 Å². The molecule has 1 saturated carbocycles. The molecule has 1 heterocycles. The molecule has 5 nitrogen and oxygen atoms in total. The summed E-state index contributed by atoms with van der Waals surface area (Å²) in [7, 11) is 0. The Labute approximate surface area is 155 Å². The number of anilines is 1. The largest absolute Gasteiger partial charge is 0.326 e. The van der Waals surface area contributed by atoms with Gasteiger partial charge in [-0.05, 0) is 36.5 Å². The van der Waals surface area contributed by atoms with E-state index in [-0.39, 0.29) is 54.4 Å². The smallest absolute Gasteiger partial charge is 0.233 e. The highest BCUT2D eigenvalue weighted by atomic mass is 35.5. The molecular weight excluding hydrogens is 363 g/mol. The Balaban J connectivity index is 1.37. The minimum Gasteiger partial charge on any atom is -0.326 e. The number of likely N-dealkylation sites (tertiary alicyclic amines) is 1. The number of hydrogen-bond donors (Lipinski definition) is 1. The molecule has 4 atom stereocenters. The molecule has 25 heavy (non-hydrogen) atoms. The van der Waals surface area contributed by atoms with Gasteiger partial charge in [-0.1, -0.05) is 35.4 Å². The summed E-state index contributed by atoms with van der Waals surface area (Å²) in [6.07, 6.45) is 5.06. The number of imide groups is 1. The van der Waals surface area contributed by atoms with Crippen molar-refractivity contribution in [3.8, 4) is 0 Å². The van der Waals surface area contributed by atoms with Crippen molar-refractivity contribution in [1.29, 1.82) is 0 Å². The van der Waals surface area contributed by atoms with Gasteiger partial charge in [-0.2, -0.15) is 0 Å². The minimum atomic E-state index is -0.280. The van der Waals surface area contributed by atoms with E-state index in [0.29, 0.717) is 15.7 Å². The number of benzene rings is 1. The first-order valence-corrected chi connectivity index (χ1v) is 9.00. The highest BCUT2D eigenvalue weighted by molar-refractivity contribution is 6.42. The summed E-state index contributed by atoms with van der Waals surface area (Å²) >= 11 is 11.8. The third kappa shape index (κ3) is 2.75. The van der Waals surface area contributed by atoms with Crippen LogP contribution in [0.5, 0.6) is 0 Å². The van der Waals surface area contributed by atoms with Crippen LogP contribution in [0.25, 0.3) is 0 Å². The Kier molecular flexibility index (Phi) is 4.08. The van der Waals surface area contributed by atoms with Gasteiger partial charge >= 0.3 is 0 Å². The lowest BCUT2D eigenvalue weighted by Gasteiger charge is -2.17. The van der Waals surface area contributed by atoms with E-state index in [1.165, 1.54) is 4.90 Å². The summed E-state index contributed by atoms with van der Waals surface area (Å²) in [5.41, 5.74) is 0.526. The molecule has 4 rings (SSSR count). The number of carbonyl (C=O) groups excluding carboxylic acids is 3. The van der Waals surface area contributed by atoms with E-state index >= 15 is 0 Å². The summed E-state index contributed by atoms with van der Waals surface area (Å²) in [6, 6.07) is 4.80. The molecule has 3 amide bonds. The Morgan fingerprint density at radius 1 is 1.08 bits per heavy atom. The summed E-state index contributed by atoms with van der Waals surface area (Å²) in [4.78, 5) is 38.5. The van der Waals surface area contributed by atoms with Crippen LogP contribution in [0.2, 0.25) is 10.0 Å². The van der Waals surface area contributed by atoms with Gasteiger partial charge in [0.1, 0.15) is 0 Å². The van der Waals surface area contributed by atoms with Gasteiger partial charge in [0.25, 0.3) is 0 Å². The fourth-order valence-corrected chi connectivity index (χ4v) is 4.49. The van der Waals surface area contributed by atoms with Gasteiger partial charge in [-0.3, -0.25) is 19.3 Å². The van der Waals surface area contributed by atoms with Crippen molar-refractivity contribution in [3.63, 3.8) is 0 Å². The van der Waals surface area contributed by atoms with Crippen molar-refractivity contribution in [2.24, 2.45) is 23.7 Å². The molecule has 0 aromatic heterocycles. The zero-order chi connectivity index (χ0) is 17.7. The van der Waals surface area contributed by atoms with Gasteiger partial charge in [0, 0.05) is 18.7 Å². The molecule has 1 N–H and O–H groups in total. The molecule has 0 radical (unpaired) electrons. The topological polar surface area (TPSA) is 66.5 Å². The number of hydrogen-bond acceptors (Lipinski definition) is 3. The van der Waals surface area contributed by atoms with Gasteiger partial charge in [-0.25, -0.2) is 0 Å². The Morgan fingerprint density at radius 2 is 1.72 bits per heavy atom. The molecule has 0 unspecified atom stereocenters. The monoisotopic (exact) mass is 378 g/mol. The second-order valence-electron chi connectivity index (χ2n) is 6.76. The molecule has 2 fully saturated rings. The summed E-state index contributed by atoms with van der Waals surface area (Å²) in [5, 5.41) is 3.45. The second kappa shape index (κ2) is 6.15. The number of carbonyl (C=O) groups is 3. The van der Waals surface area contributed by atoms with E-state index in [0.717, 1.165) is 6.42 Å². The van der Waals surface area contributed by atoms with Crippen molar-refractivity contribution in [1.82, 2.24) is 4.90 Å². The third-order valence-corrected chi connectivity index (χ3v) is 6.07. The third-order valence-electron chi connectivity index (χ3n) is 5.33. The highest BCUT2D eigenvalue weighted by Gasteiger charge is 2.58. The van der Waals surface area contributed by atoms with Crippen LogP contribution < -0.4 is 5.32 Å². The molecule has 3 aliphatic rings. The first-order chi connectivity index (χ1) is 12.0. The van der Waals surface area contributed by atoms with Gasteiger partial charge < -0.3 is 5.32 Å². The predicted molar refractivity (Wildman–Crippen MR) is 94.1 cm³/mol. The van der Waals surface area contributed by atoms with Crippen LogP contribution in [0.3, 0.4) is 0 Å². The van der Waals surface area contributed by atoms with Crippen LogP contribution in [0.15, 0.2) is 30.4 Å². The van der Waals surface area contributed by atoms with Gasteiger partial charge in [0.2, 0.25) is 17.7 Å². The molecule has 2 aliphatic carbocycles. The summed E-state index contributed by atoms with van der Waals surface area (Å²) < 4.78 is 0. The molecule has 1 aromatic rings. The normalized spacial score (nSPS) is 29.4. The molecule has 130 valence electrons. The van der Waals surface area contributed by atoms with Crippen molar-refractivity contribution in [3.05, 3.63) is 40.4 Å². The molecule has 1 saturated heterocycles. The zero-order valence-corrected chi connectivity index (χ0v) is 14.8. The molecule has 1 aliphatic heterocycles. The first kappa shape index (κ1) is 16.6. The van der Waals surface area contributed by atoms with Crippen LogP contribution in [0, 0.1) is 23.7 Å². The average molecular weight is 379 g/mol. The molecule has 1 aromatic carbocycles. The first-order valence-electron chi connectivity index (χ1n) is 8.24. The van der Waals surface area contributed by atoms with Crippen molar-refractivity contribution < 1.29 is 14.4 Å². The van der Waals surface area contributed by atoms with Crippen molar-refractivity contribution in [2.45, 2.75) is 12.8 Å². The van der Waals surface area contributed by atoms with E-state index in [1.54, 1.807) is 18.2 Å². The number of nitrogens with zero attached hydrogens (tertiary/aromatic N) is 1. The van der Waals surface area contributed by atoms with Crippen LogP contribution in [-0.2, 0) is 14.4 Å². The maximum atomic E-state index is 12.5. The lowest BCUT2D eigenvalue weighted by molar-refractivity contribution is -0.140. The second-order valence-corrected chi connectivity index (χ2v) is 7.57.